The third kappa shape index (κ3) is 2.57. The summed E-state index contributed by atoms with van der Waals surface area (Å²) in [5, 5.41) is 0. The predicted octanol–water partition coefficient (Wildman–Crippen LogP) is 2.99. The van der Waals surface area contributed by atoms with Gasteiger partial charge in [-0.15, -0.1) is 0 Å². The molecule has 0 amide bonds. The lowest BCUT2D eigenvalue weighted by atomic mass is 10.1. The van der Waals surface area contributed by atoms with Crippen molar-refractivity contribution < 1.29 is 17.6 Å². The van der Waals surface area contributed by atoms with Crippen LogP contribution in [0.2, 0.25) is 0 Å². The van der Waals surface area contributed by atoms with Gasteiger partial charge in [0.05, 0.1) is 0 Å². The van der Waals surface area contributed by atoms with E-state index in [1.54, 1.807) is 22.6 Å². The molecule has 1 aromatic rings. The second-order valence-electron chi connectivity index (χ2n) is 2.69. The zero-order valence-corrected chi connectivity index (χ0v) is 8.93. The van der Waals surface area contributed by atoms with Crippen molar-refractivity contribution >= 4 is 22.6 Å². The van der Waals surface area contributed by atoms with Gasteiger partial charge < -0.3 is 5.73 Å². The number of benzene rings is 1. The molecule has 0 aliphatic carbocycles. The zero-order chi connectivity index (χ0) is 10.9. The molecule has 0 saturated heterocycles. The summed E-state index contributed by atoms with van der Waals surface area (Å²) >= 11 is 1.62. The maximum Gasteiger partial charge on any atom is 0.407 e. The van der Waals surface area contributed by atoms with Crippen LogP contribution in [0.15, 0.2) is 18.2 Å². The normalized spacial score (nSPS) is 14.1. The second-order valence-corrected chi connectivity index (χ2v) is 3.85. The Morgan fingerprint density at radius 3 is 2.29 bits per heavy atom. The predicted molar refractivity (Wildman–Crippen MR) is 52.1 cm³/mol. The van der Waals surface area contributed by atoms with E-state index in [0.717, 1.165) is 18.2 Å². The fourth-order valence-corrected chi connectivity index (χ4v) is 1.74. The van der Waals surface area contributed by atoms with Crippen molar-refractivity contribution in [3.63, 3.8) is 0 Å². The van der Waals surface area contributed by atoms with E-state index in [-0.39, 0.29) is 9.13 Å². The summed E-state index contributed by atoms with van der Waals surface area (Å²) in [6.45, 7) is 0. The molecule has 0 heterocycles. The van der Waals surface area contributed by atoms with Crippen molar-refractivity contribution in [1.29, 1.82) is 0 Å². The first-order chi connectivity index (χ1) is 6.32. The van der Waals surface area contributed by atoms with Gasteiger partial charge in [-0.25, -0.2) is 4.39 Å². The van der Waals surface area contributed by atoms with Crippen LogP contribution in [0.4, 0.5) is 17.6 Å². The molecule has 0 bridgehead atoms. The van der Waals surface area contributed by atoms with Crippen molar-refractivity contribution in [2.24, 2.45) is 5.73 Å². The first-order valence-electron chi connectivity index (χ1n) is 3.59. The summed E-state index contributed by atoms with van der Waals surface area (Å²) in [6.07, 6.45) is -4.50. The minimum absolute atomic E-state index is 0.112. The molecule has 0 aliphatic heterocycles. The van der Waals surface area contributed by atoms with E-state index in [2.05, 4.69) is 0 Å². The molecule has 0 fully saturated rings. The number of alkyl halides is 3. The van der Waals surface area contributed by atoms with Gasteiger partial charge in [-0.3, -0.25) is 0 Å². The van der Waals surface area contributed by atoms with Crippen molar-refractivity contribution in [1.82, 2.24) is 0 Å². The van der Waals surface area contributed by atoms with E-state index in [1.807, 2.05) is 0 Å². The van der Waals surface area contributed by atoms with Crippen LogP contribution in [0.25, 0.3) is 0 Å². The van der Waals surface area contributed by atoms with E-state index in [4.69, 9.17) is 5.73 Å². The number of nitrogens with two attached hydrogens (primary N) is 1. The van der Waals surface area contributed by atoms with E-state index in [1.165, 1.54) is 0 Å². The summed E-state index contributed by atoms with van der Waals surface area (Å²) < 4.78 is 49.3. The van der Waals surface area contributed by atoms with Gasteiger partial charge in [0, 0.05) is 3.57 Å². The lowest BCUT2D eigenvalue weighted by molar-refractivity contribution is -0.149. The number of hydrogen-bond acceptors (Lipinski definition) is 1. The smallest absolute Gasteiger partial charge is 0.316 e. The van der Waals surface area contributed by atoms with Gasteiger partial charge in [0.25, 0.3) is 0 Å². The SMILES string of the molecule is N[C@@H](c1ccc(F)cc1I)C(F)(F)F. The fourth-order valence-electron chi connectivity index (χ4n) is 0.930. The van der Waals surface area contributed by atoms with Crippen LogP contribution in [-0.2, 0) is 0 Å². The summed E-state index contributed by atoms with van der Waals surface area (Å²) in [4.78, 5) is 0. The van der Waals surface area contributed by atoms with Crippen LogP contribution in [0.1, 0.15) is 11.6 Å². The molecule has 1 rings (SSSR count). The van der Waals surface area contributed by atoms with Crippen LogP contribution in [0.5, 0.6) is 0 Å². The van der Waals surface area contributed by atoms with Crippen molar-refractivity contribution in [2.45, 2.75) is 12.2 Å². The highest BCUT2D eigenvalue weighted by atomic mass is 127. The zero-order valence-electron chi connectivity index (χ0n) is 6.78. The lowest BCUT2D eigenvalue weighted by Gasteiger charge is -2.17. The summed E-state index contributed by atoms with van der Waals surface area (Å²) in [7, 11) is 0. The van der Waals surface area contributed by atoms with E-state index >= 15 is 0 Å². The van der Waals surface area contributed by atoms with Gasteiger partial charge in [0.2, 0.25) is 0 Å². The maximum atomic E-state index is 12.6. The van der Waals surface area contributed by atoms with Crippen LogP contribution >= 0.6 is 22.6 Å². The summed E-state index contributed by atoms with van der Waals surface area (Å²) in [6, 6.07) is 0.967. The van der Waals surface area contributed by atoms with E-state index in [0.29, 0.717) is 0 Å². The fraction of sp³-hybridized carbons (Fsp3) is 0.250. The Morgan fingerprint density at radius 1 is 1.29 bits per heavy atom. The molecule has 78 valence electrons. The molecule has 1 atom stereocenters. The van der Waals surface area contributed by atoms with Crippen molar-refractivity contribution in [3.8, 4) is 0 Å². The first kappa shape index (κ1) is 11.7. The van der Waals surface area contributed by atoms with Gasteiger partial charge in [-0.1, -0.05) is 6.07 Å². The van der Waals surface area contributed by atoms with E-state index in [9.17, 15) is 17.6 Å². The number of hydrogen-bond donors (Lipinski definition) is 1. The number of rotatable bonds is 1. The highest BCUT2D eigenvalue weighted by molar-refractivity contribution is 14.1. The molecule has 0 radical (unpaired) electrons. The van der Waals surface area contributed by atoms with Gasteiger partial charge in [-0.2, -0.15) is 13.2 Å². The Balaban J connectivity index is 3.08. The monoisotopic (exact) mass is 319 g/mol. The molecule has 0 unspecified atom stereocenters. The highest BCUT2D eigenvalue weighted by Gasteiger charge is 2.38. The molecule has 0 aliphatic rings. The molecule has 0 spiro atoms. The molecule has 2 N–H and O–H groups in total. The standard InChI is InChI=1S/C8H6F4IN/c9-4-1-2-5(6(13)3-4)7(14)8(10,11)12/h1-3,7H,14H2/t7-/m0/s1. The molecule has 1 nitrogen and oxygen atoms in total. The molecule has 14 heavy (non-hydrogen) atoms. The summed E-state index contributed by atoms with van der Waals surface area (Å²) in [5.41, 5.74) is 4.86. The molecule has 1 aromatic carbocycles. The van der Waals surface area contributed by atoms with Crippen LogP contribution in [0.3, 0.4) is 0 Å². The third-order valence-electron chi connectivity index (χ3n) is 1.65. The van der Waals surface area contributed by atoms with Gasteiger partial charge in [0.15, 0.2) is 0 Å². The lowest BCUT2D eigenvalue weighted by Crippen LogP contribution is -2.29. The highest BCUT2D eigenvalue weighted by Crippen LogP contribution is 2.32. The summed E-state index contributed by atoms with van der Waals surface area (Å²) in [5.74, 6) is -0.576. The Hall–Kier alpha value is -0.370. The Morgan fingerprint density at radius 2 is 1.86 bits per heavy atom. The molecular formula is C8H6F4IN. The first-order valence-corrected chi connectivity index (χ1v) is 4.67. The quantitative estimate of drug-likeness (QED) is 0.625. The Bertz CT molecular complexity index is 337. The average molecular weight is 319 g/mol. The minimum atomic E-state index is -4.50. The van der Waals surface area contributed by atoms with Crippen LogP contribution in [0, 0.1) is 9.39 Å². The van der Waals surface area contributed by atoms with Crippen LogP contribution < -0.4 is 5.73 Å². The second kappa shape index (κ2) is 4.01. The largest absolute Gasteiger partial charge is 0.407 e. The Labute approximate surface area is 91.4 Å². The third-order valence-corrected chi connectivity index (χ3v) is 2.58. The number of halogens is 5. The van der Waals surface area contributed by atoms with Crippen molar-refractivity contribution in [3.05, 3.63) is 33.1 Å². The van der Waals surface area contributed by atoms with E-state index < -0.39 is 18.0 Å². The minimum Gasteiger partial charge on any atom is -0.316 e. The van der Waals surface area contributed by atoms with Gasteiger partial charge in [-0.05, 0) is 40.3 Å². The van der Waals surface area contributed by atoms with Crippen LogP contribution in [-0.4, -0.2) is 6.18 Å². The molecule has 0 aromatic heterocycles. The average Bonchev–Trinajstić information content (AvgIpc) is 2.01. The maximum absolute atomic E-state index is 12.6. The Kier molecular flexibility index (Phi) is 3.36. The van der Waals surface area contributed by atoms with Crippen molar-refractivity contribution in [2.75, 3.05) is 0 Å². The van der Waals surface area contributed by atoms with Gasteiger partial charge >= 0.3 is 6.18 Å². The molecule has 6 heteroatoms. The molecular weight excluding hydrogens is 313 g/mol. The molecule has 0 saturated carbocycles. The van der Waals surface area contributed by atoms with Gasteiger partial charge in [0.1, 0.15) is 11.9 Å². The topological polar surface area (TPSA) is 26.0 Å².